The Labute approximate surface area is 185 Å². The maximum absolute atomic E-state index is 12.7. The molecule has 0 aliphatic rings. The van der Waals surface area contributed by atoms with Crippen LogP contribution in [0.3, 0.4) is 0 Å². The molecule has 0 bridgehead atoms. The summed E-state index contributed by atoms with van der Waals surface area (Å²) in [5.41, 5.74) is 2.19. The maximum Gasteiger partial charge on any atom is 0.293 e. The zero-order valence-corrected chi connectivity index (χ0v) is 19.6. The average molecular weight is 449 g/mol. The monoisotopic (exact) mass is 448 g/mol. The summed E-state index contributed by atoms with van der Waals surface area (Å²) in [6.45, 7) is 9.47. The van der Waals surface area contributed by atoms with Gasteiger partial charge in [-0.2, -0.15) is 4.31 Å². The Morgan fingerprint density at radius 1 is 1.06 bits per heavy atom. The van der Waals surface area contributed by atoms with Crippen LogP contribution in [0, 0.1) is 10.1 Å². The summed E-state index contributed by atoms with van der Waals surface area (Å²) in [6, 6.07) is 12.4. The van der Waals surface area contributed by atoms with Crippen LogP contribution in [-0.4, -0.2) is 48.7 Å². The molecule has 170 valence electrons. The smallest absolute Gasteiger partial charge is 0.293 e. The van der Waals surface area contributed by atoms with Crippen molar-refractivity contribution in [3.8, 4) is 0 Å². The highest BCUT2D eigenvalue weighted by Gasteiger charge is 2.25. The minimum absolute atomic E-state index is 0.0765. The van der Waals surface area contributed by atoms with Crippen molar-refractivity contribution in [2.75, 3.05) is 25.5 Å². The van der Waals surface area contributed by atoms with Gasteiger partial charge in [0.15, 0.2) is 0 Å². The van der Waals surface area contributed by atoms with Gasteiger partial charge in [-0.05, 0) is 44.2 Å². The first-order chi connectivity index (χ1) is 14.6. The molecular weight excluding hydrogens is 416 g/mol. The standard InChI is InChI=1S/C22H32N4O4S/c1-6-25(7-2)31(29,30)20-12-13-21(22(14-20)26(27)28)23-15-18-10-8-9-11-19(18)16-24(5)17(3)4/h8-14,17,23H,6-7,15-16H2,1-5H3. The number of rotatable bonds is 11. The molecule has 31 heavy (non-hydrogen) atoms. The Morgan fingerprint density at radius 3 is 2.23 bits per heavy atom. The third-order valence-electron chi connectivity index (χ3n) is 5.40. The fourth-order valence-corrected chi connectivity index (χ4v) is 4.69. The van der Waals surface area contributed by atoms with Crippen molar-refractivity contribution >= 4 is 21.4 Å². The predicted octanol–water partition coefficient (Wildman–Crippen LogP) is 4.08. The summed E-state index contributed by atoms with van der Waals surface area (Å²) < 4.78 is 26.8. The molecule has 1 N–H and O–H groups in total. The number of anilines is 1. The minimum Gasteiger partial charge on any atom is -0.375 e. The lowest BCUT2D eigenvalue weighted by molar-refractivity contribution is -0.384. The molecule has 2 aromatic rings. The lowest BCUT2D eigenvalue weighted by atomic mass is 10.1. The number of nitrogens with zero attached hydrogens (tertiary/aromatic N) is 3. The minimum atomic E-state index is -3.77. The highest BCUT2D eigenvalue weighted by molar-refractivity contribution is 7.89. The molecule has 0 spiro atoms. The molecule has 9 heteroatoms. The van der Waals surface area contributed by atoms with Crippen LogP contribution in [0.25, 0.3) is 0 Å². The average Bonchev–Trinajstić information content (AvgIpc) is 2.73. The number of nitrogens with one attached hydrogen (secondary N) is 1. The summed E-state index contributed by atoms with van der Waals surface area (Å²) in [5.74, 6) is 0. The van der Waals surface area contributed by atoms with Crippen LogP contribution in [0.1, 0.15) is 38.8 Å². The van der Waals surface area contributed by atoms with Gasteiger partial charge < -0.3 is 5.32 Å². The number of hydrogen-bond acceptors (Lipinski definition) is 6. The van der Waals surface area contributed by atoms with Gasteiger partial charge in [-0.1, -0.05) is 38.1 Å². The first-order valence-corrected chi connectivity index (χ1v) is 11.8. The second kappa shape index (κ2) is 10.7. The number of sulfonamides is 1. The first-order valence-electron chi connectivity index (χ1n) is 10.4. The van der Waals surface area contributed by atoms with E-state index >= 15 is 0 Å². The van der Waals surface area contributed by atoms with Crippen molar-refractivity contribution < 1.29 is 13.3 Å². The fraction of sp³-hybridized carbons (Fsp3) is 0.455. The molecule has 0 amide bonds. The van der Waals surface area contributed by atoms with Crippen LogP contribution in [0.2, 0.25) is 0 Å². The van der Waals surface area contributed by atoms with Crippen molar-refractivity contribution in [1.29, 1.82) is 0 Å². The molecule has 0 unspecified atom stereocenters. The number of hydrogen-bond donors (Lipinski definition) is 1. The van der Waals surface area contributed by atoms with Gasteiger partial charge >= 0.3 is 0 Å². The Hall–Kier alpha value is -2.49. The van der Waals surface area contributed by atoms with E-state index in [0.29, 0.717) is 25.7 Å². The third-order valence-corrected chi connectivity index (χ3v) is 7.44. The normalized spacial score (nSPS) is 12.0. The number of nitro groups is 1. The molecule has 0 atom stereocenters. The van der Waals surface area contributed by atoms with Crippen molar-refractivity contribution in [3.05, 3.63) is 63.7 Å². The van der Waals surface area contributed by atoms with Crippen LogP contribution >= 0.6 is 0 Å². The molecule has 0 heterocycles. The molecule has 0 saturated heterocycles. The zero-order chi connectivity index (χ0) is 23.2. The van der Waals surface area contributed by atoms with E-state index in [4.69, 9.17) is 0 Å². The Morgan fingerprint density at radius 2 is 1.68 bits per heavy atom. The van der Waals surface area contributed by atoms with Crippen molar-refractivity contribution in [2.24, 2.45) is 0 Å². The predicted molar refractivity (Wildman–Crippen MR) is 124 cm³/mol. The summed E-state index contributed by atoms with van der Waals surface area (Å²) >= 11 is 0. The van der Waals surface area contributed by atoms with Crippen LogP contribution < -0.4 is 5.32 Å². The van der Waals surface area contributed by atoms with Crippen LogP contribution in [0.4, 0.5) is 11.4 Å². The fourth-order valence-electron chi connectivity index (χ4n) is 3.21. The van der Waals surface area contributed by atoms with E-state index in [9.17, 15) is 18.5 Å². The van der Waals surface area contributed by atoms with Crippen molar-refractivity contribution in [1.82, 2.24) is 9.21 Å². The zero-order valence-electron chi connectivity index (χ0n) is 18.8. The Bertz CT molecular complexity index is 1000. The quantitative estimate of drug-likeness (QED) is 0.411. The van der Waals surface area contributed by atoms with Gasteiger partial charge in [-0.3, -0.25) is 15.0 Å². The van der Waals surface area contributed by atoms with Crippen LogP contribution in [0.5, 0.6) is 0 Å². The van der Waals surface area contributed by atoms with E-state index in [1.54, 1.807) is 13.8 Å². The molecule has 0 aliphatic heterocycles. The SMILES string of the molecule is CCN(CC)S(=O)(=O)c1ccc(NCc2ccccc2CN(C)C(C)C)c([N+](=O)[O-])c1. The molecule has 8 nitrogen and oxygen atoms in total. The largest absolute Gasteiger partial charge is 0.375 e. The van der Waals surface area contributed by atoms with Gasteiger partial charge in [0.25, 0.3) is 5.69 Å². The van der Waals surface area contributed by atoms with Crippen LogP contribution in [-0.2, 0) is 23.1 Å². The summed E-state index contributed by atoms with van der Waals surface area (Å²) in [5, 5.41) is 14.8. The molecule has 0 aliphatic carbocycles. The van der Waals surface area contributed by atoms with E-state index in [1.165, 1.54) is 16.4 Å². The number of benzene rings is 2. The van der Waals surface area contributed by atoms with Gasteiger partial charge in [-0.15, -0.1) is 0 Å². The second-order valence-corrected chi connectivity index (χ2v) is 9.59. The van der Waals surface area contributed by atoms with Crippen molar-refractivity contribution in [3.63, 3.8) is 0 Å². The van der Waals surface area contributed by atoms with Gasteiger partial charge in [0.1, 0.15) is 5.69 Å². The van der Waals surface area contributed by atoms with E-state index in [2.05, 4.69) is 31.1 Å². The van der Waals surface area contributed by atoms with Crippen LogP contribution in [0.15, 0.2) is 47.4 Å². The van der Waals surface area contributed by atoms with E-state index in [1.807, 2.05) is 24.3 Å². The lowest BCUT2D eigenvalue weighted by Crippen LogP contribution is -2.30. The molecule has 0 fully saturated rings. The van der Waals surface area contributed by atoms with Gasteiger partial charge in [0.2, 0.25) is 10.0 Å². The summed E-state index contributed by atoms with van der Waals surface area (Å²) in [7, 11) is -1.72. The first kappa shape index (κ1) is 24.8. The summed E-state index contributed by atoms with van der Waals surface area (Å²) in [4.78, 5) is 13.2. The molecular formula is C22H32N4O4S. The van der Waals surface area contributed by atoms with E-state index in [0.717, 1.165) is 23.7 Å². The molecule has 2 aromatic carbocycles. The highest BCUT2D eigenvalue weighted by Crippen LogP contribution is 2.29. The topological polar surface area (TPSA) is 95.8 Å². The Kier molecular flexibility index (Phi) is 8.55. The molecule has 2 rings (SSSR count). The van der Waals surface area contributed by atoms with E-state index in [-0.39, 0.29) is 16.3 Å². The van der Waals surface area contributed by atoms with E-state index < -0.39 is 14.9 Å². The van der Waals surface area contributed by atoms with Gasteiger partial charge in [0, 0.05) is 38.3 Å². The highest BCUT2D eigenvalue weighted by atomic mass is 32.2. The lowest BCUT2D eigenvalue weighted by Gasteiger charge is -2.22. The van der Waals surface area contributed by atoms with Crippen molar-refractivity contribution in [2.45, 2.75) is 51.7 Å². The summed E-state index contributed by atoms with van der Waals surface area (Å²) in [6.07, 6.45) is 0. The number of nitro benzene ring substituents is 1. The molecule has 0 radical (unpaired) electrons. The van der Waals surface area contributed by atoms with Gasteiger partial charge in [-0.25, -0.2) is 8.42 Å². The molecule has 0 aromatic heterocycles. The third kappa shape index (κ3) is 6.03. The maximum atomic E-state index is 12.7. The molecule has 0 saturated carbocycles. The second-order valence-electron chi connectivity index (χ2n) is 7.66. The van der Waals surface area contributed by atoms with Gasteiger partial charge in [0.05, 0.1) is 9.82 Å². The Balaban J connectivity index is 2.30.